The lowest BCUT2D eigenvalue weighted by atomic mass is 10.0. The van der Waals surface area contributed by atoms with Crippen LogP contribution in [0.2, 0.25) is 0 Å². The monoisotopic (exact) mass is 434 g/mol. The van der Waals surface area contributed by atoms with E-state index in [9.17, 15) is 13.2 Å². The number of anilines is 1. The van der Waals surface area contributed by atoms with Gasteiger partial charge in [-0.2, -0.15) is 0 Å². The van der Waals surface area contributed by atoms with Crippen molar-refractivity contribution in [2.75, 3.05) is 12.4 Å². The first kappa shape index (κ1) is 23.7. The molecular weight excluding hydrogens is 404 g/mol. The van der Waals surface area contributed by atoms with Gasteiger partial charge in [0.25, 0.3) is 5.91 Å². The topological polar surface area (TPSA) is 93.7 Å². The van der Waals surface area contributed by atoms with Gasteiger partial charge in [-0.25, -0.2) is 13.1 Å². The summed E-state index contributed by atoms with van der Waals surface area (Å²) in [7, 11) is -2.27. The third-order valence-corrected chi connectivity index (χ3v) is 6.00. The van der Waals surface area contributed by atoms with E-state index in [1.807, 2.05) is 24.3 Å². The molecule has 0 saturated heterocycles. The third kappa shape index (κ3) is 5.96. The lowest BCUT2D eigenvalue weighted by Gasteiger charge is -2.19. The van der Waals surface area contributed by atoms with Crippen molar-refractivity contribution < 1.29 is 22.7 Å². The number of carbonyl (C=O) groups excluding carboxylic acids is 1. The van der Waals surface area contributed by atoms with Crippen molar-refractivity contribution in [3.05, 3.63) is 48.0 Å². The van der Waals surface area contributed by atoms with Crippen LogP contribution in [-0.4, -0.2) is 33.6 Å². The summed E-state index contributed by atoms with van der Waals surface area (Å²) < 4.78 is 38.6. The number of ether oxygens (including phenoxy) is 2. The molecule has 0 aliphatic carbocycles. The highest BCUT2D eigenvalue weighted by Crippen LogP contribution is 2.29. The Morgan fingerprint density at radius 2 is 1.63 bits per heavy atom. The number of hydrogen-bond acceptors (Lipinski definition) is 5. The minimum absolute atomic E-state index is 0.0334. The lowest BCUT2D eigenvalue weighted by molar-refractivity contribution is -0.122. The second-order valence-electron chi connectivity index (χ2n) is 7.58. The molecule has 0 aromatic heterocycles. The molecule has 0 radical (unpaired) electrons. The summed E-state index contributed by atoms with van der Waals surface area (Å²) in [5.74, 6) is 0.811. The molecule has 1 amide bonds. The van der Waals surface area contributed by atoms with Gasteiger partial charge in [0, 0.05) is 6.04 Å². The number of hydrogen-bond donors (Lipinski definition) is 2. The van der Waals surface area contributed by atoms with E-state index < -0.39 is 22.0 Å². The number of rotatable bonds is 9. The van der Waals surface area contributed by atoms with Gasteiger partial charge in [-0.05, 0) is 56.5 Å². The van der Waals surface area contributed by atoms with Crippen LogP contribution in [0.3, 0.4) is 0 Å². The van der Waals surface area contributed by atoms with E-state index in [2.05, 4.69) is 23.9 Å². The summed E-state index contributed by atoms with van der Waals surface area (Å²) in [6.07, 6.45) is -0.802. The number of sulfonamides is 1. The second-order valence-corrected chi connectivity index (χ2v) is 9.29. The van der Waals surface area contributed by atoms with Gasteiger partial charge in [0.1, 0.15) is 11.5 Å². The fourth-order valence-electron chi connectivity index (χ4n) is 2.87. The molecule has 30 heavy (non-hydrogen) atoms. The minimum Gasteiger partial charge on any atom is -0.495 e. The van der Waals surface area contributed by atoms with Gasteiger partial charge in [-0.15, -0.1) is 0 Å². The molecule has 0 heterocycles. The molecule has 7 nitrogen and oxygen atoms in total. The van der Waals surface area contributed by atoms with Crippen molar-refractivity contribution in [2.45, 2.75) is 57.6 Å². The molecule has 0 unspecified atom stereocenters. The maximum Gasteiger partial charge on any atom is 0.265 e. The highest BCUT2D eigenvalue weighted by Gasteiger charge is 2.21. The number of para-hydroxylation sites is 1. The van der Waals surface area contributed by atoms with Gasteiger partial charge < -0.3 is 14.8 Å². The van der Waals surface area contributed by atoms with E-state index in [1.165, 1.54) is 25.3 Å². The molecule has 164 valence electrons. The van der Waals surface area contributed by atoms with Crippen LogP contribution < -0.4 is 19.5 Å². The molecule has 2 aromatic rings. The van der Waals surface area contributed by atoms with Crippen molar-refractivity contribution in [3.63, 3.8) is 0 Å². The first-order valence-corrected chi connectivity index (χ1v) is 11.3. The Bertz CT molecular complexity index is 987. The zero-order valence-electron chi connectivity index (χ0n) is 18.2. The van der Waals surface area contributed by atoms with Crippen LogP contribution in [0.15, 0.2) is 47.4 Å². The molecule has 0 aliphatic heterocycles. The molecule has 0 bridgehead atoms. The van der Waals surface area contributed by atoms with E-state index >= 15 is 0 Å². The molecule has 1 atom stereocenters. The summed E-state index contributed by atoms with van der Waals surface area (Å²) in [5, 5.41) is 2.71. The van der Waals surface area contributed by atoms with Crippen molar-refractivity contribution in [3.8, 4) is 11.5 Å². The SMILES string of the molecule is COc1ccc(S(=O)(=O)NC(C)C)cc1NC(=O)[C@@H](C)Oc1ccccc1C(C)C. The Hall–Kier alpha value is -2.58. The highest BCUT2D eigenvalue weighted by molar-refractivity contribution is 7.89. The maximum atomic E-state index is 12.7. The number of nitrogens with one attached hydrogen (secondary N) is 2. The van der Waals surface area contributed by atoms with Gasteiger partial charge in [0.05, 0.1) is 17.7 Å². The van der Waals surface area contributed by atoms with Gasteiger partial charge in [-0.3, -0.25) is 4.79 Å². The number of benzene rings is 2. The Morgan fingerprint density at radius 1 is 0.967 bits per heavy atom. The highest BCUT2D eigenvalue weighted by atomic mass is 32.2. The third-order valence-electron chi connectivity index (χ3n) is 4.34. The number of carbonyl (C=O) groups is 1. The van der Waals surface area contributed by atoms with Crippen molar-refractivity contribution in [1.82, 2.24) is 4.72 Å². The van der Waals surface area contributed by atoms with Crippen LogP contribution in [0.4, 0.5) is 5.69 Å². The van der Waals surface area contributed by atoms with Crippen LogP contribution in [0.5, 0.6) is 11.5 Å². The van der Waals surface area contributed by atoms with Gasteiger partial charge >= 0.3 is 0 Å². The van der Waals surface area contributed by atoms with E-state index in [1.54, 1.807) is 20.8 Å². The van der Waals surface area contributed by atoms with E-state index in [4.69, 9.17) is 9.47 Å². The predicted octanol–water partition coefficient (Wildman–Crippen LogP) is 3.91. The summed E-state index contributed by atoms with van der Waals surface area (Å²) in [6.45, 7) is 9.21. The normalized spacial score (nSPS) is 12.7. The quantitative estimate of drug-likeness (QED) is 0.624. The smallest absolute Gasteiger partial charge is 0.265 e. The average molecular weight is 435 g/mol. The van der Waals surface area contributed by atoms with E-state index in [0.717, 1.165) is 5.56 Å². The number of methoxy groups -OCH3 is 1. The van der Waals surface area contributed by atoms with Crippen LogP contribution in [0.25, 0.3) is 0 Å². The second kappa shape index (κ2) is 9.95. The van der Waals surface area contributed by atoms with Gasteiger partial charge in [-0.1, -0.05) is 32.0 Å². The molecule has 2 aromatic carbocycles. The molecule has 0 aliphatic rings. The molecule has 0 saturated carbocycles. The first-order chi connectivity index (χ1) is 14.0. The summed E-state index contributed by atoms with van der Waals surface area (Å²) in [5.41, 5.74) is 1.25. The van der Waals surface area contributed by atoms with Crippen molar-refractivity contribution in [1.29, 1.82) is 0 Å². The van der Waals surface area contributed by atoms with E-state index in [0.29, 0.717) is 11.5 Å². The molecule has 8 heteroatoms. The predicted molar refractivity (Wildman–Crippen MR) is 118 cm³/mol. The Balaban J connectivity index is 2.24. The Labute approximate surface area is 178 Å². The van der Waals surface area contributed by atoms with Crippen LogP contribution in [-0.2, 0) is 14.8 Å². The standard InChI is InChI=1S/C22H30N2O5S/c1-14(2)18-9-7-8-10-20(18)29-16(5)22(25)23-19-13-17(11-12-21(19)28-6)30(26,27)24-15(3)4/h7-16,24H,1-6H3,(H,23,25)/t16-/m1/s1. The Kier molecular flexibility index (Phi) is 7.86. The summed E-state index contributed by atoms with van der Waals surface area (Å²) in [6, 6.07) is 11.6. The molecule has 2 rings (SSSR count). The average Bonchev–Trinajstić information content (AvgIpc) is 2.67. The minimum atomic E-state index is -3.71. The maximum absolute atomic E-state index is 12.7. The van der Waals surface area contributed by atoms with Crippen LogP contribution >= 0.6 is 0 Å². The Morgan fingerprint density at radius 3 is 2.23 bits per heavy atom. The molecule has 0 fully saturated rings. The fourth-order valence-corrected chi connectivity index (χ4v) is 4.15. The fraction of sp³-hybridized carbons (Fsp3) is 0.409. The summed E-state index contributed by atoms with van der Waals surface area (Å²) >= 11 is 0. The van der Waals surface area contributed by atoms with Gasteiger partial charge in [0.15, 0.2) is 6.10 Å². The molecular formula is C22H30N2O5S. The first-order valence-electron chi connectivity index (χ1n) is 9.82. The van der Waals surface area contributed by atoms with Gasteiger partial charge in [0.2, 0.25) is 10.0 Å². The summed E-state index contributed by atoms with van der Waals surface area (Å²) in [4.78, 5) is 12.8. The lowest BCUT2D eigenvalue weighted by Crippen LogP contribution is -2.31. The van der Waals surface area contributed by atoms with Crippen molar-refractivity contribution >= 4 is 21.6 Å². The largest absolute Gasteiger partial charge is 0.495 e. The zero-order valence-corrected chi connectivity index (χ0v) is 19.0. The molecule has 0 spiro atoms. The van der Waals surface area contributed by atoms with E-state index in [-0.39, 0.29) is 22.5 Å². The van der Waals surface area contributed by atoms with Crippen LogP contribution in [0.1, 0.15) is 46.1 Å². The number of amides is 1. The molecule has 2 N–H and O–H groups in total. The van der Waals surface area contributed by atoms with Crippen LogP contribution in [0, 0.1) is 0 Å². The zero-order chi connectivity index (χ0) is 22.5. The van der Waals surface area contributed by atoms with Crippen molar-refractivity contribution in [2.24, 2.45) is 0 Å².